The normalized spacial score (nSPS) is 17.2. The first-order valence-corrected chi connectivity index (χ1v) is 8.12. The van der Waals surface area contributed by atoms with E-state index in [1.54, 1.807) is 18.2 Å². The molecule has 1 amide bonds. The van der Waals surface area contributed by atoms with E-state index in [-0.39, 0.29) is 24.4 Å². The van der Waals surface area contributed by atoms with Crippen LogP contribution < -0.4 is 14.8 Å². The van der Waals surface area contributed by atoms with E-state index in [2.05, 4.69) is 5.32 Å². The number of nitrogens with zero attached hydrogens (tertiary/aromatic N) is 1. The molecule has 1 aliphatic heterocycles. The Hall–Kier alpha value is -2.60. The highest BCUT2D eigenvalue weighted by molar-refractivity contribution is 5.81. The van der Waals surface area contributed by atoms with Gasteiger partial charge in [-0.1, -0.05) is 24.3 Å². The Labute approximate surface area is 146 Å². The van der Waals surface area contributed by atoms with Crippen LogP contribution in [-0.4, -0.2) is 44.2 Å². The molecule has 2 aromatic carbocycles. The van der Waals surface area contributed by atoms with Crippen molar-refractivity contribution in [1.29, 1.82) is 0 Å². The largest absolute Gasteiger partial charge is 0.485 e. The van der Waals surface area contributed by atoms with Crippen LogP contribution in [0.15, 0.2) is 48.5 Å². The molecule has 25 heavy (non-hydrogen) atoms. The minimum absolute atomic E-state index is 0.142. The van der Waals surface area contributed by atoms with Crippen molar-refractivity contribution in [1.82, 2.24) is 10.2 Å². The number of amides is 1. The van der Waals surface area contributed by atoms with Gasteiger partial charge in [-0.25, -0.2) is 4.39 Å². The fourth-order valence-corrected chi connectivity index (χ4v) is 2.77. The molecule has 0 fully saturated rings. The van der Waals surface area contributed by atoms with Gasteiger partial charge in [0.2, 0.25) is 6.10 Å². The lowest BCUT2D eigenvalue weighted by Crippen LogP contribution is -2.46. The Balaban J connectivity index is 1.63. The highest BCUT2D eigenvalue weighted by Gasteiger charge is 2.28. The minimum atomic E-state index is -0.703. The van der Waals surface area contributed by atoms with E-state index in [0.717, 1.165) is 5.56 Å². The van der Waals surface area contributed by atoms with Gasteiger partial charge in [-0.2, -0.15) is 0 Å². The average Bonchev–Trinajstić information content (AvgIpc) is 2.61. The molecule has 1 heterocycles. The predicted octanol–water partition coefficient (Wildman–Crippen LogP) is 2.38. The smallest absolute Gasteiger partial charge is 0.264 e. The molecule has 132 valence electrons. The Morgan fingerprint density at radius 2 is 2.00 bits per heavy atom. The number of likely N-dealkylation sites (N-methyl/N-ethyl adjacent to an activating group) is 1. The van der Waals surface area contributed by atoms with Crippen LogP contribution in [0, 0.1) is 5.82 Å². The number of carbonyl (C=O) groups is 1. The summed E-state index contributed by atoms with van der Waals surface area (Å²) < 4.78 is 24.7. The van der Waals surface area contributed by atoms with Crippen molar-refractivity contribution in [3.8, 4) is 11.5 Å². The van der Waals surface area contributed by atoms with Gasteiger partial charge in [-0.3, -0.25) is 4.79 Å². The van der Waals surface area contributed by atoms with Crippen molar-refractivity contribution < 1.29 is 18.7 Å². The molecule has 0 radical (unpaired) electrons. The van der Waals surface area contributed by atoms with E-state index in [0.29, 0.717) is 18.0 Å². The summed E-state index contributed by atoms with van der Waals surface area (Å²) in [6, 6.07) is 13.5. The SMILES string of the molecule is CN(C)C(CNC(=O)C1COc2ccccc2O1)c1cccc(F)c1. The summed E-state index contributed by atoms with van der Waals surface area (Å²) in [7, 11) is 3.77. The molecule has 5 nitrogen and oxygen atoms in total. The molecule has 3 rings (SSSR count). The molecular formula is C19H21FN2O3. The number of carbonyl (C=O) groups excluding carboxylic acids is 1. The van der Waals surface area contributed by atoms with Gasteiger partial charge < -0.3 is 19.7 Å². The molecule has 0 saturated carbocycles. The lowest BCUT2D eigenvalue weighted by Gasteiger charge is -2.28. The fraction of sp³-hybridized carbons (Fsp3) is 0.316. The van der Waals surface area contributed by atoms with Crippen LogP contribution in [-0.2, 0) is 4.79 Å². The third kappa shape index (κ3) is 4.09. The number of benzene rings is 2. The third-order valence-electron chi connectivity index (χ3n) is 4.13. The maximum Gasteiger partial charge on any atom is 0.264 e. The molecule has 6 heteroatoms. The standard InChI is InChI=1S/C19H21FN2O3/c1-22(2)15(13-6-5-7-14(20)10-13)11-21-19(23)18-12-24-16-8-3-4-9-17(16)25-18/h3-10,15,18H,11-12H2,1-2H3,(H,21,23). The van der Waals surface area contributed by atoms with Gasteiger partial charge in [0.05, 0.1) is 6.04 Å². The van der Waals surface area contributed by atoms with Gasteiger partial charge in [0, 0.05) is 6.54 Å². The second kappa shape index (κ2) is 7.53. The van der Waals surface area contributed by atoms with E-state index in [1.165, 1.54) is 12.1 Å². The molecule has 0 aromatic heterocycles. The molecule has 0 spiro atoms. The van der Waals surface area contributed by atoms with E-state index in [1.807, 2.05) is 37.2 Å². The summed E-state index contributed by atoms with van der Waals surface area (Å²) >= 11 is 0. The van der Waals surface area contributed by atoms with Crippen molar-refractivity contribution in [3.63, 3.8) is 0 Å². The Kier molecular flexibility index (Phi) is 5.19. The Bertz CT molecular complexity index is 751. The number of halogens is 1. The van der Waals surface area contributed by atoms with Crippen molar-refractivity contribution in [3.05, 3.63) is 59.9 Å². The van der Waals surface area contributed by atoms with Gasteiger partial charge in [0.1, 0.15) is 12.4 Å². The molecular weight excluding hydrogens is 323 g/mol. The zero-order valence-corrected chi connectivity index (χ0v) is 14.2. The number of nitrogens with one attached hydrogen (secondary N) is 1. The highest BCUT2D eigenvalue weighted by Crippen LogP contribution is 2.30. The minimum Gasteiger partial charge on any atom is -0.485 e. The molecule has 1 aliphatic rings. The van der Waals surface area contributed by atoms with Crippen LogP contribution >= 0.6 is 0 Å². The van der Waals surface area contributed by atoms with E-state index in [9.17, 15) is 9.18 Å². The van der Waals surface area contributed by atoms with E-state index in [4.69, 9.17) is 9.47 Å². The first-order chi connectivity index (χ1) is 12.0. The summed E-state index contributed by atoms with van der Waals surface area (Å²) in [5.74, 6) is 0.648. The monoisotopic (exact) mass is 344 g/mol. The predicted molar refractivity (Wildman–Crippen MR) is 92.2 cm³/mol. The number of ether oxygens (including phenoxy) is 2. The molecule has 0 saturated heterocycles. The number of hydrogen-bond acceptors (Lipinski definition) is 4. The summed E-state index contributed by atoms with van der Waals surface area (Å²) in [5, 5.41) is 2.87. The topological polar surface area (TPSA) is 50.8 Å². The first-order valence-electron chi connectivity index (χ1n) is 8.12. The second-order valence-corrected chi connectivity index (χ2v) is 6.14. The maximum atomic E-state index is 13.5. The van der Waals surface area contributed by atoms with Crippen molar-refractivity contribution >= 4 is 5.91 Å². The zero-order valence-electron chi connectivity index (χ0n) is 14.2. The maximum absolute atomic E-state index is 13.5. The highest BCUT2D eigenvalue weighted by atomic mass is 19.1. The number of para-hydroxylation sites is 2. The van der Waals surface area contributed by atoms with Gasteiger partial charge in [-0.15, -0.1) is 0 Å². The molecule has 2 atom stereocenters. The number of rotatable bonds is 5. The molecule has 2 unspecified atom stereocenters. The summed E-state index contributed by atoms with van der Waals surface area (Å²) in [5.41, 5.74) is 0.802. The summed E-state index contributed by atoms with van der Waals surface area (Å²) in [6.45, 7) is 0.506. The van der Waals surface area contributed by atoms with E-state index < -0.39 is 6.10 Å². The lowest BCUT2D eigenvalue weighted by molar-refractivity contribution is -0.130. The second-order valence-electron chi connectivity index (χ2n) is 6.14. The Morgan fingerprint density at radius 3 is 2.72 bits per heavy atom. The van der Waals surface area contributed by atoms with Gasteiger partial charge >= 0.3 is 0 Å². The van der Waals surface area contributed by atoms with Gasteiger partial charge in [-0.05, 0) is 43.9 Å². The zero-order chi connectivity index (χ0) is 17.8. The van der Waals surface area contributed by atoms with Crippen molar-refractivity contribution in [2.24, 2.45) is 0 Å². The molecule has 2 aromatic rings. The first kappa shape index (κ1) is 17.2. The van der Waals surface area contributed by atoms with Crippen LogP contribution in [0.5, 0.6) is 11.5 Å². The van der Waals surface area contributed by atoms with Crippen molar-refractivity contribution in [2.45, 2.75) is 12.1 Å². The lowest BCUT2D eigenvalue weighted by atomic mass is 10.1. The third-order valence-corrected chi connectivity index (χ3v) is 4.13. The van der Waals surface area contributed by atoms with Gasteiger partial charge in [0.25, 0.3) is 5.91 Å². The number of fused-ring (bicyclic) bond motifs is 1. The van der Waals surface area contributed by atoms with Crippen LogP contribution in [0.3, 0.4) is 0 Å². The Morgan fingerprint density at radius 1 is 1.24 bits per heavy atom. The van der Waals surface area contributed by atoms with Crippen molar-refractivity contribution in [2.75, 3.05) is 27.2 Å². The van der Waals surface area contributed by atoms with Crippen LogP contribution in [0.2, 0.25) is 0 Å². The fourth-order valence-electron chi connectivity index (χ4n) is 2.77. The van der Waals surface area contributed by atoms with Crippen LogP contribution in [0.4, 0.5) is 4.39 Å². The summed E-state index contributed by atoms with van der Waals surface area (Å²) in [4.78, 5) is 14.4. The van der Waals surface area contributed by atoms with Gasteiger partial charge in [0.15, 0.2) is 11.5 Å². The number of hydrogen-bond donors (Lipinski definition) is 1. The van der Waals surface area contributed by atoms with Crippen LogP contribution in [0.25, 0.3) is 0 Å². The quantitative estimate of drug-likeness (QED) is 0.905. The van der Waals surface area contributed by atoms with E-state index >= 15 is 0 Å². The molecule has 1 N–H and O–H groups in total. The molecule has 0 aliphatic carbocycles. The van der Waals surface area contributed by atoms with Crippen LogP contribution in [0.1, 0.15) is 11.6 Å². The molecule has 0 bridgehead atoms. The summed E-state index contributed by atoms with van der Waals surface area (Å²) in [6.07, 6.45) is -0.703. The average molecular weight is 344 g/mol.